The van der Waals surface area contributed by atoms with Crippen molar-refractivity contribution in [2.75, 3.05) is 21.3 Å². The molecule has 0 saturated carbocycles. The number of methoxy groups -OCH3 is 1. The number of hydrogen-bond donors (Lipinski definition) is 0. The summed E-state index contributed by atoms with van der Waals surface area (Å²) >= 11 is 6.34. The second kappa shape index (κ2) is 6.58. The standard InChI is InChI=1S/C7H13O4PS2/c1-6(5-7(8)9-2)14-12(13,10-3)11-4/h5H,1-4H3/b6-5+. The Kier molecular flexibility index (Phi) is 6.64. The van der Waals surface area contributed by atoms with Gasteiger partial charge in [0.25, 0.3) is 5.69 Å². The molecule has 0 aliphatic rings. The summed E-state index contributed by atoms with van der Waals surface area (Å²) in [6.07, 6.45) is 1.35. The van der Waals surface area contributed by atoms with Crippen LogP contribution in [0.3, 0.4) is 0 Å². The number of carbonyl (C=O) groups excluding carboxylic acids is 1. The first-order chi connectivity index (χ1) is 6.47. The average Bonchev–Trinajstić information content (AvgIpc) is 2.17. The van der Waals surface area contributed by atoms with Crippen LogP contribution in [0.25, 0.3) is 0 Å². The van der Waals surface area contributed by atoms with E-state index in [2.05, 4.69) is 4.74 Å². The summed E-state index contributed by atoms with van der Waals surface area (Å²) in [6, 6.07) is 0. The quantitative estimate of drug-likeness (QED) is 0.427. The van der Waals surface area contributed by atoms with E-state index < -0.39 is 11.7 Å². The Morgan fingerprint density at radius 2 is 1.86 bits per heavy atom. The molecule has 0 saturated heterocycles. The van der Waals surface area contributed by atoms with Gasteiger partial charge in [0.1, 0.15) is 0 Å². The molecule has 82 valence electrons. The molecule has 0 atom stereocenters. The molecule has 0 aliphatic carbocycles. The van der Waals surface area contributed by atoms with Crippen molar-refractivity contribution in [2.24, 2.45) is 0 Å². The van der Waals surface area contributed by atoms with Crippen LogP contribution in [0.15, 0.2) is 11.0 Å². The van der Waals surface area contributed by atoms with Crippen LogP contribution < -0.4 is 0 Å². The maximum Gasteiger partial charge on any atom is 0.331 e. The summed E-state index contributed by atoms with van der Waals surface area (Å²) in [6.45, 7) is 1.75. The predicted molar refractivity (Wildman–Crippen MR) is 61.7 cm³/mol. The number of rotatable bonds is 5. The Hall–Kier alpha value is 0.130. The molecule has 0 bridgehead atoms. The Morgan fingerprint density at radius 1 is 1.36 bits per heavy atom. The Morgan fingerprint density at radius 3 is 2.21 bits per heavy atom. The summed E-state index contributed by atoms with van der Waals surface area (Å²) in [7, 11) is 4.30. The molecule has 0 aromatic carbocycles. The molecule has 0 amide bonds. The number of ether oxygens (including phenoxy) is 1. The van der Waals surface area contributed by atoms with Gasteiger partial charge >= 0.3 is 5.97 Å². The van der Waals surface area contributed by atoms with Gasteiger partial charge in [-0.1, -0.05) is 0 Å². The van der Waals surface area contributed by atoms with Crippen molar-refractivity contribution in [3.63, 3.8) is 0 Å². The lowest BCUT2D eigenvalue weighted by atomic mass is 10.5. The average molecular weight is 256 g/mol. The van der Waals surface area contributed by atoms with Crippen molar-refractivity contribution >= 4 is 34.9 Å². The van der Waals surface area contributed by atoms with Crippen molar-refractivity contribution in [1.82, 2.24) is 0 Å². The largest absolute Gasteiger partial charge is 0.466 e. The molecule has 0 heterocycles. The molecule has 0 N–H and O–H groups in total. The van der Waals surface area contributed by atoms with Crippen LogP contribution in [0.1, 0.15) is 6.92 Å². The zero-order chi connectivity index (χ0) is 11.2. The molecule has 7 heteroatoms. The topological polar surface area (TPSA) is 44.8 Å². The third-order valence-electron chi connectivity index (χ3n) is 1.23. The van der Waals surface area contributed by atoms with Crippen LogP contribution >= 0.6 is 17.1 Å². The van der Waals surface area contributed by atoms with Crippen LogP contribution in [0.5, 0.6) is 0 Å². The first-order valence-corrected chi connectivity index (χ1v) is 7.70. The van der Waals surface area contributed by atoms with Gasteiger partial charge in [0.15, 0.2) is 0 Å². The normalized spacial score (nSPS) is 12.7. The van der Waals surface area contributed by atoms with Crippen LogP contribution in [0, 0.1) is 0 Å². The minimum absolute atomic E-state index is 0.413. The van der Waals surface area contributed by atoms with Gasteiger partial charge in [0.05, 0.1) is 7.11 Å². The number of esters is 1. The van der Waals surface area contributed by atoms with E-state index in [0.717, 1.165) is 0 Å². The third kappa shape index (κ3) is 5.12. The van der Waals surface area contributed by atoms with Gasteiger partial charge in [-0.2, -0.15) is 0 Å². The first kappa shape index (κ1) is 14.1. The maximum absolute atomic E-state index is 10.9. The summed E-state index contributed by atoms with van der Waals surface area (Å²) in [5.41, 5.74) is -2.33. The molecule has 14 heavy (non-hydrogen) atoms. The van der Waals surface area contributed by atoms with Crippen molar-refractivity contribution in [3.05, 3.63) is 11.0 Å². The van der Waals surface area contributed by atoms with Crippen molar-refractivity contribution < 1.29 is 18.6 Å². The van der Waals surface area contributed by atoms with E-state index in [4.69, 9.17) is 20.9 Å². The van der Waals surface area contributed by atoms with E-state index in [1.165, 1.54) is 38.8 Å². The van der Waals surface area contributed by atoms with E-state index >= 15 is 0 Å². The fourth-order valence-electron chi connectivity index (χ4n) is 0.577. The smallest absolute Gasteiger partial charge is 0.331 e. The highest BCUT2D eigenvalue weighted by atomic mass is 32.9. The van der Waals surface area contributed by atoms with E-state index in [1.807, 2.05) is 0 Å². The van der Waals surface area contributed by atoms with E-state index in [-0.39, 0.29) is 0 Å². The lowest BCUT2D eigenvalue weighted by Crippen LogP contribution is -1.95. The summed E-state index contributed by atoms with van der Waals surface area (Å²) in [5, 5.41) is 0. The first-order valence-electron chi connectivity index (χ1n) is 3.64. The van der Waals surface area contributed by atoms with Crippen molar-refractivity contribution in [3.8, 4) is 0 Å². The molecule has 0 unspecified atom stereocenters. The molecule has 0 aliphatic heterocycles. The van der Waals surface area contributed by atoms with Gasteiger partial charge in [-0.15, -0.1) is 0 Å². The molecule has 0 radical (unpaired) electrons. The SMILES string of the molecule is COC(=O)/C=C(\C)SP(=S)(OC)OC. The predicted octanol–water partition coefficient (Wildman–Crippen LogP) is 2.31. The minimum Gasteiger partial charge on any atom is -0.466 e. The van der Waals surface area contributed by atoms with Gasteiger partial charge < -0.3 is 13.8 Å². The second-order valence-electron chi connectivity index (χ2n) is 2.18. The fourth-order valence-corrected chi connectivity index (χ4v) is 4.10. The van der Waals surface area contributed by atoms with Gasteiger partial charge in [0.2, 0.25) is 0 Å². The lowest BCUT2D eigenvalue weighted by Gasteiger charge is -2.16. The Labute approximate surface area is 92.9 Å². The highest BCUT2D eigenvalue weighted by Gasteiger charge is 2.17. The van der Waals surface area contributed by atoms with Crippen molar-refractivity contribution in [1.29, 1.82) is 0 Å². The van der Waals surface area contributed by atoms with Gasteiger partial charge in [-0.05, 0) is 35.0 Å². The Bertz CT molecular complexity index is 269. The summed E-state index contributed by atoms with van der Waals surface area (Å²) in [4.78, 5) is 11.6. The molecule has 0 aromatic rings. The number of hydrogen-bond acceptors (Lipinski definition) is 6. The fraction of sp³-hybridized carbons (Fsp3) is 0.571. The van der Waals surface area contributed by atoms with Gasteiger partial charge in [0, 0.05) is 20.3 Å². The molecule has 0 rings (SSSR count). The highest BCUT2D eigenvalue weighted by Crippen LogP contribution is 2.62. The zero-order valence-corrected chi connectivity index (χ0v) is 11.0. The van der Waals surface area contributed by atoms with Crippen LogP contribution in [-0.4, -0.2) is 27.3 Å². The van der Waals surface area contributed by atoms with Crippen molar-refractivity contribution in [2.45, 2.75) is 6.92 Å². The molecular formula is C7H13O4PS2. The van der Waals surface area contributed by atoms with E-state index in [0.29, 0.717) is 4.91 Å². The molecular weight excluding hydrogens is 243 g/mol. The van der Waals surface area contributed by atoms with Gasteiger partial charge in [-0.3, -0.25) is 0 Å². The highest BCUT2D eigenvalue weighted by molar-refractivity contribution is 8.69. The Balaban J connectivity index is 4.44. The summed E-state index contributed by atoms with van der Waals surface area (Å²) in [5.74, 6) is -0.413. The third-order valence-corrected chi connectivity index (χ3v) is 6.74. The monoisotopic (exact) mass is 256 g/mol. The molecule has 0 aromatic heterocycles. The lowest BCUT2D eigenvalue weighted by molar-refractivity contribution is -0.134. The number of allylic oxidation sites excluding steroid dienone is 1. The number of carbonyl (C=O) groups is 1. The van der Waals surface area contributed by atoms with Crippen LogP contribution in [0.4, 0.5) is 0 Å². The van der Waals surface area contributed by atoms with E-state index in [9.17, 15) is 4.79 Å². The summed E-state index contributed by atoms with van der Waals surface area (Å²) < 4.78 is 14.6. The zero-order valence-electron chi connectivity index (χ0n) is 8.47. The maximum atomic E-state index is 10.9. The molecule has 0 spiro atoms. The van der Waals surface area contributed by atoms with Crippen LogP contribution in [0.2, 0.25) is 0 Å². The molecule has 0 fully saturated rings. The minimum atomic E-state index is -2.33. The van der Waals surface area contributed by atoms with Gasteiger partial charge in [-0.25, -0.2) is 4.79 Å². The van der Waals surface area contributed by atoms with Crippen LogP contribution in [-0.2, 0) is 30.4 Å². The second-order valence-corrected chi connectivity index (χ2v) is 8.76. The van der Waals surface area contributed by atoms with E-state index in [1.54, 1.807) is 6.92 Å². The molecule has 4 nitrogen and oxygen atoms in total.